The zero-order chi connectivity index (χ0) is 19.5. The number of hydrogen-bond acceptors (Lipinski definition) is 4. The number of thiazole rings is 1. The van der Waals surface area contributed by atoms with Crippen LogP contribution in [0.4, 0.5) is 0 Å². The molecular formula is C21H16ClN3O2S. The molecule has 0 bridgehead atoms. The van der Waals surface area contributed by atoms with Crippen molar-refractivity contribution >= 4 is 45.5 Å². The van der Waals surface area contributed by atoms with Gasteiger partial charge in [-0.2, -0.15) is 0 Å². The van der Waals surface area contributed by atoms with E-state index in [-0.39, 0.29) is 0 Å². The molecule has 4 aromatic rings. The van der Waals surface area contributed by atoms with Gasteiger partial charge in [-0.3, -0.25) is 9.59 Å². The highest BCUT2D eigenvalue weighted by Gasteiger charge is 2.19. The standard InChI is InChI=1S/C21H16ClN3O2S/c22-14-7-5-13(6-8-14)18-12-28-19(25-18)9-10-23-21(27)20(26)16-11-24-17-4-2-1-3-15(16)17/h1-8,11-12,24H,9-10H2,(H,23,27). The zero-order valence-electron chi connectivity index (χ0n) is 14.7. The Morgan fingerprint density at radius 1 is 1.11 bits per heavy atom. The number of halogens is 1. The lowest BCUT2D eigenvalue weighted by Gasteiger charge is -2.02. The number of H-pyrrole nitrogens is 1. The second-order valence-electron chi connectivity index (χ2n) is 6.22. The molecule has 0 aliphatic rings. The van der Waals surface area contributed by atoms with Crippen molar-refractivity contribution in [2.24, 2.45) is 0 Å². The molecule has 0 saturated carbocycles. The first kappa shape index (κ1) is 18.4. The van der Waals surface area contributed by atoms with Gasteiger partial charge in [0.2, 0.25) is 0 Å². The Bertz CT molecular complexity index is 1150. The normalized spacial score (nSPS) is 10.9. The molecule has 0 radical (unpaired) electrons. The van der Waals surface area contributed by atoms with Crippen molar-refractivity contribution in [3.8, 4) is 11.3 Å². The summed E-state index contributed by atoms with van der Waals surface area (Å²) in [6.07, 6.45) is 2.14. The number of aromatic nitrogens is 2. The summed E-state index contributed by atoms with van der Waals surface area (Å²) in [5.41, 5.74) is 3.08. The van der Waals surface area contributed by atoms with Crippen LogP contribution in [0, 0.1) is 0 Å². The number of nitrogens with zero attached hydrogens (tertiary/aromatic N) is 1. The van der Waals surface area contributed by atoms with E-state index in [0.717, 1.165) is 27.2 Å². The van der Waals surface area contributed by atoms with Gasteiger partial charge in [0, 0.05) is 46.0 Å². The lowest BCUT2D eigenvalue weighted by Crippen LogP contribution is -2.32. The van der Waals surface area contributed by atoms with Gasteiger partial charge in [-0.1, -0.05) is 41.9 Å². The monoisotopic (exact) mass is 409 g/mol. The minimum Gasteiger partial charge on any atom is -0.360 e. The quantitative estimate of drug-likeness (QED) is 0.364. The lowest BCUT2D eigenvalue weighted by atomic mass is 10.1. The number of fused-ring (bicyclic) bond motifs is 1. The predicted octanol–water partition coefficient (Wildman–Crippen LogP) is 4.49. The average molecular weight is 410 g/mol. The molecular weight excluding hydrogens is 394 g/mol. The summed E-state index contributed by atoms with van der Waals surface area (Å²) in [7, 11) is 0. The summed E-state index contributed by atoms with van der Waals surface area (Å²) in [5, 5.41) is 6.98. The molecule has 4 rings (SSSR count). The van der Waals surface area contributed by atoms with Gasteiger partial charge in [0.1, 0.15) is 0 Å². The van der Waals surface area contributed by atoms with Gasteiger partial charge in [0.25, 0.3) is 11.7 Å². The minimum absolute atomic E-state index is 0.348. The minimum atomic E-state index is -0.612. The van der Waals surface area contributed by atoms with Crippen LogP contribution < -0.4 is 5.32 Å². The van der Waals surface area contributed by atoms with Gasteiger partial charge < -0.3 is 10.3 Å². The first-order valence-corrected chi connectivity index (χ1v) is 9.96. The van der Waals surface area contributed by atoms with Gasteiger partial charge >= 0.3 is 0 Å². The maximum absolute atomic E-state index is 12.4. The predicted molar refractivity (Wildman–Crippen MR) is 112 cm³/mol. The van der Waals surface area contributed by atoms with E-state index in [1.165, 1.54) is 11.3 Å². The third-order valence-corrected chi connectivity index (χ3v) is 5.52. The summed E-state index contributed by atoms with van der Waals surface area (Å²) in [6.45, 7) is 0.348. The second-order valence-corrected chi connectivity index (χ2v) is 7.60. The number of benzene rings is 2. The molecule has 2 aromatic heterocycles. The first-order chi connectivity index (χ1) is 13.6. The number of carbonyl (C=O) groups excluding carboxylic acids is 2. The number of nitrogens with one attached hydrogen (secondary N) is 2. The summed E-state index contributed by atoms with van der Waals surface area (Å²) < 4.78 is 0. The van der Waals surface area contributed by atoms with Gasteiger partial charge in [0.05, 0.1) is 16.3 Å². The number of Topliss-reactive ketones (excluding diaryl/α,β-unsaturated/α-hetero) is 1. The number of aromatic amines is 1. The molecule has 1 amide bonds. The fourth-order valence-corrected chi connectivity index (χ4v) is 3.86. The lowest BCUT2D eigenvalue weighted by molar-refractivity contribution is -0.116. The molecule has 2 aromatic carbocycles. The maximum atomic E-state index is 12.4. The average Bonchev–Trinajstić information content (AvgIpc) is 3.35. The number of rotatable bonds is 6. The summed E-state index contributed by atoms with van der Waals surface area (Å²) in [5.74, 6) is -1.15. The van der Waals surface area contributed by atoms with Gasteiger partial charge in [0.15, 0.2) is 0 Å². The highest BCUT2D eigenvalue weighted by Crippen LogP contribution is 2.23. The summed E-state index contributed by atoms with van der Waals surface area (Å²) in [6, 6.07) is 14.9. The Morgan fingerprint density at radius 2 is 1.89 bits per heavy atom. The number of carbonyl (C=O) groups is 2. The first-order valence-electron chi connectivity index (χ1n) is 8.71. The van der Waals surface area contributed by atoms with Crippen LogP contribution in [-0.2, 0) is 11.2 Å². The van der Waals surface area contributed by atoms with Crippen LogP contribution in [0.1, 0.15) is 15.4 Å². The van der Waals surface area contributed by atoms with Crippen LogP contribution in [0.3, 0.4) is 0 Å². The topological polar surface area (TPSA) is 74.8 Å². The van der Waals surface area contributed by atoms with Crippen LogP contribution in [0.5, 0.6) is 0 Å². The van der Waals surface area contributed by atoms with Crippen molar-refractivity contribution < 1.29 is 9.59 Å². The molecule has 2 N–H and O–H groups in total. The SMILES string of the molecule is O=C(NCCc1nc(-c2ccc(Cl)cc2)cs1)C(=O)c1c[nH]c2ccccc12. The van der Waals surface area contributed by atoms with E-state index >= 15 is 0 Å². The van der Waals surface area contributed by atoms with E-state index in [4.69, 9.17) is 11.6 Å². The molecule has 0 atom stereocenters. The highest BCUT2D eigenvalue weighted by atomic mass is 35.5. The van der Waals surface area contributed by atoms with Crippen molar-refractivity contribution in [1.82, 2.24) is 15.3 Å². The van der Waals surface area contributed by atoms with Crippen LogP contribution in [0.2, 0.25) is 5.02 Å². The Kier molecular flexibility index (Phi) is 5.23. The summed E-state index contributed by atoms with van der Waals surface area (Å²) in [4.78, 5) is 32.2. The molecule has 140 valence electrons. The zero-order valence-corrected chi connectivity index (χ0v) is 16.3. The van der Waals surface area contributed by atoms with E-state index < -0.39 is 11.7 Å². The fourth-order valence-electron chi connectivity index (χ4n) is 2.92. The Morgan fingerprint density at radius 3 is 2.71 bits per heavy atom. The van der Waals surface area contributed by atoms with Crippen LogP contribution in [0.25, 0.3) is 22.2 Å². The largest absolute Gasteiger partial charge is 0.360 e. The molecule has 0 spiro atoms. The number of hydrogen-bond donors (Lipinski definition) is 2. The van der Waals surface area contributed by atoms with Crippen molar-refractivity contribution in [1.29, 1.82) is 0 Å². The number of para-hydroxylation sites is 1. The molecule has 0 fully saturated rings. The van der Waals surface area contributed by atoms with Gasteiger partial charge in [-0.25, -0.2) is 4.98 Å². The van der Waals surface area contributed by atoms with Crippen molar-refractivity contribution in [2.45, 2.75) is 6.42 Å². The van der Waals surface area contributed by atoms with E-state index in [0.29, 0.717) is 23.6 Å². The highest BCUT2D eigenvalue weighted by molar-refractivity contribution is 7.09. The molecule has 0 aliphatic heterocycles. The molecule has 5 nitrogen and oxygen atoms in total. The molecule has 0 saturated heterocycles. The molecule has 28 heavy (non-hydrogen) atoms. The van der Waals surface area contributed by atoms with Crippen LogP contribution >= 0.6 is 22.9 Å². The molecule has 7 heteroatoms. The van der Waals surface area contributed by atoms with E-state index in [1.807, 2.05) is 53.9 Å². The Hall–Kier alpha value is -2.96. The second kappa shape index (κ2) is 7.96. The van der Waals surface area contributed by atoms with Crippen molar-refractivity contribution in [2.75, 3.05) is 6.54 Å². The Labute approximate surface area is 170 Å². The van der Waals surface area contributed by atoms with E-state index in [2.05, 4.69) is 15.3 Å². The Balaban J connectivity index is 1.35. The van der Waals surface area contributed by atoms with Crippen molar-refractivity contribution in [3.05, 3.63) is 75.7 Å². The summed E-state index contributed by atoms with van der Waals surface area (Å²) >= 11 is 7.43. The smallest absolute Gasteiger partial charge is 0.292 e. The third-order valence-electron chi connectivity index (χ3n) is 4.36. The fraction of sp³-hybridized carbons (Fsp3) is 0.0952. The van der Waals surface area contributed by atoms with E-state index in [1.54, 1.807) is 6.20 Å². The van der Waals surface area contributed by atoms with Crippen molar-refractivity contribution in [3.63, 3.8) is 0 Å². The maximum Gasteiger partial charge on any atom is 0.292 e. The van der Waals surface area contributed by atoms with E-state index in [9.17, 15) is 9.59 Å². The number of amides is 1. The van der Waals surface area contributed by atoms with Gasteiger partial charge in [-0.05, 0) is 18.2 Å². The molecule has 2 heterocycles. The van der Waals surface area contributed by atoms with Gasteiger partial charge in [-0.15, -0.1) is 11.3 Å². The third kappa shape index (κ3) is 3.83. The number of ketones is 1. The molecule has 0 aliphatic carbocycles. The van der Waals surface area contributed by atoms with Crippen LogP contribution in [-0.4, -0.2) is 28.2 Å². The molecule has 0 unspecified atom stereocenters. The van der Waals surface area contributed by atoms with Crippen LogP contribution in [0.15, 0.2) is 60.1 Å².